The molecular formula is C11H23. The van der Waals surface area contributed by atoms with E-state index in [2.05, 4.69) is 55.4 Å². The first kappa shape index (κ1) is 11.0. The van der Waals surface area contributed by atoms with E-state index in [-0.39, 0.29) is 10.8 Å². The summed E-state index contributed by atoms with van der Waals surface area (Å²) in [6.45, 7) is 20.0. The van der Waals surface area contributed by atoms with Crippen LogP contribution in [0.1, 0.15) is 48.5 Å². The molecule has 0 aromatic rings. The van der Waals surface area contributed by atoms with Gasteiger partial charge in [0.2, 0.25) is 0 Å². The van der Waals surface area contributed by atoms with Crippen LogP contribution in [0.3, 0.4) is 0 Å². The summed E-state index contributed by atoms with van der Waals surface area (Å²) in [7, 11) is 0. The summed E-state index contributed by atoms with van der Waals surface area (Å²) >= 11 is 0. The smallest absolute Gasteiger partial charge is 0.0254 e. The lowest BCUT2D eigenvalue weighted by Gasteiger charge is -2.49. The van der Waals surface area contributed by atoms with Crippen molar-refractivity contribution in [1.29, 1.82) is 0 Å². The highest BCUT2D eigenvalue weighted by atomic mass is 14.5. The van der Waals surface area contributed by atoms with Gasteiger partial charge in [-0.3, -0.25) is 0 Å². The molecule has 0 unspecified atom stereocenters. The first-order valence-corrected chi connectivity index (χ1v) is 4.35. The number of hydrogen-bond donors (Lipinski definition) is 0. The average Bonchev–Trinajstić information content (AvgIpc) is 1.58. The van der Waals surface area contributed by atoms with Crippen LogP contribution in [-0.4, -0.2) is 0 Å². The zero-order chi connectivity index (χ0) is 9.50. The van der Waals surface area contributed by atoms with Crippen LogP contribution in [0.25, 0.3) is 0 Å². The minimum absolute atomic E-state index is 0.130. The third-order valence-electron chi connectivity index (χ3n) is 3.57. The molecule has 0 saturated heterocycles. The molecule has 0 heterocycles. The third-order valence-corrected chi connectivity index (χ3v) is 3.57. The van der Waals surface area contributed by atoms with Crippen molar-refractivity contribution in [2.45, 2.75) is 48.5 Å². The summed E-state index contributed by atoms with van der Waals surface area (Å²) in [6.07, 6.45) is 0. The Labute approximate surface area is 72.4 Å². The summed E-state index contributed by atoms with van der Waals surface area (Å²) in [5.41, 5.74) is 0.712. The fraction of sp³-hybridized carbons (Fsp3) is 0.909. The van der Waals surface area contributed by atoms with Crippen molar-refractivity contribution in [1.82, 2.24) is 0 Å². The fourth-order valence-electron chi connectivity index (χ4n) is 1.02. The van der Waals surface area contributed by atoms with Gasteiger partial charge in [-0.1, -0.05) is 48.5 Å². The van der Waals surface area contributed by atoms with Gasteiger partial charge in [0, 0.05) is 0 Å². The molecule has 0 heteroatoms. The van der Waals surface area contributed by atoms with Gasteiger partial charge in [-0.25, -0.2) is 0 Å². The van der Waals surface area contributed by atoms with E-state index in [4.69, 9.17) is 0 Å². The minimum Gasteiger partial charge on any atom is -0.0596 e. The molecule has 0 aliphatic heterocycles. The predicted molar refractivity (Wildman–Crippen MR) is 52.4 cm³/mol. The topological polar surface area (TPSA) is 0 Å². The van der Waals surface area contributed by atoms with Gasteiger partial charge in [-0.2, -0.15) is 0 Å². The Morgan fingerprint density at radius 2 is 1.00 bits per heavy atom. The molecule has 0 aromatic carbocycles. The molecule has 0 aliphatic rings. The van der Waals surface area contributed by atoms with Crippen LogP contribution < -0.4 is 0 Å². The summed E-state index contributed by atoms with van der Waals surface area (Å²) < 4.78 is 0. The van der Waals surface area contributed by atoms with Crippen molar-refractivity contribution < 1.29 is 0 Å². The van der Waals surface area contributed by atoms with Crippen LogP contribution >= 0.6 is 0 Å². The van der Waals surface area contributed by atoms with Crippen LogP contribution in [0, 0.1) is 23.2 Å². The maximum Gasteiger partial charge on any atom is -0.0254 e. The summed E-state index contributed by atoms with van der Waals surface area (Å²) in [6, 6.07) is 0. The van der Waals surface area contributed by atoms with E-state index < -0.39 is 0 Å². The third kappa shape index (κ3) is 1.98. The Kier molecular flexibility index (Phi) is 2.50. The molecule has 0 amide bonds. The Morgan fingerprint density at radius 1 is 0.727 bits per heavy atom. The second-order valence-corrected chi connectivity index (χ2v) is 5.76. The van der Waals surface area contributed by atoms with Crippen molar-refractivity contribution in [3.05, 3.63) is 6.92 Å². The maximum atomic E-state index is 4.21. The van der Waals surface area contributed by atoms with Gasteiger partial charge in [-0.05, 0) is 23.2 Å². The SMILES string of the molecule is [CH2]C(C)(C)C(C)(C)C(C)(C)C. The molecule has 0 N–H and O–H groups in total. The summed E-state index contributed by atoms with van der Waals surface area (Å²) in [4.78, 5) is 0. The molecule has 0 atom stereocenters. The molecule has 0 aliphatic carbocycles. The fourth-order valence-corrected chi connectivity index (χ4v) is 1.02. The number of hydrogen-bond acceptors (Lipinski definition) is 0. The monoisotopic (exact) mass is 155 g/mol. The van der Waals surface area contributed by atoms with Crippen molar-refractivity contribution >= 4 is 0 Å². The average molecular weight is 155 g/mol. The molecule has 67 valence electrons. The van der Waals surface area contributed by atoms with Gasteiger partial charge < -0.3 is 0 Å². The Hall–Kier alpha value is 0. The highest BCUT2D eigenvalue weighted by Gasteiger charge is 2.42. The Bertz CT molecular complexity index is 111. The normalized spacial score (nSPS) is 15.3. The molecule has 0 rings (SSSR count). The molecular weight excluding hydrogens is 132 g/mol. The molecule has 0 nitrogen and oxygen atoms in total. The van der Waals surface area contributed by atoms with Crippen molar-refractivity contribution in [3.8, 4) is 0 Å². The summed E-state index contributed by atoms with van der Waals surface area (Å²) in [5, 5.41) is 0. The lowest BCUT2D eigenvalue weighted by atomic mass is 9.56. The van der Waals surface area contributed by atoms with Crippen molar-refractivity contribution in [3.63, 3.8) is 0 Å². The van der Waals surface area contributed by atoms with Crippen LogP contribution in [0.5, 0.6) is 0 Å². The van der Waals surface area contributed by atoms with Gasteiger partial charge in [0.15, 0.2) is 0 Å². The van der Waals surface area contributed by atoms with E-state index in [0.717, 1.165) is 0 Å². The van der Waals surface area contributed by atoms with Crippen molar-refractivity contribution in [2.75, 3.05) is 0 Å². The van der Waals surface area contributed by atoms with Gasteiger partial charge >= 0.3 is 0 Å². The molecule has 0 saturated carbocycles. The largest absolute Gasteiger partial charge is 0.0596 e. The van der Waals surface area contributed by atoms with E-state index in [0.29, 0.717) is 5.41 Å². The molecule has 0 fully saturated rings. The second kappa shape index (κ2) is 2.50. The van der Waals surface area contributed by atoms with Gasteiger partial charge in [0.25, 0.3) is 0 Å². The van der Waals surface area contributed by atoms with Crippen molar-refractivity contribution in [2.24, 2.45) is 16.2 Å². The zero-order valence-corrected chi connectivity index (χ0v) is 9.21. The second-order valence-electron chi connectivity index (χ2n) is 5.76. The highest BCUT2D eigenvalue weighted by Crippen LogP contribution is 2.50. The zero-order valence-electron chi connectivity index (χ0n) is 9.21. The molecule has 0 bridgehead atoms. The lowest BCUT2D eigenvalue weighted by molar-refractivity contribution is 0.0236. The molecule has 0 aromatic heterocycles. The molecule has 11 heavy (non-hydrogen) atoms. The Morgan fingerprint density at radius 3 is 1.00 bits per heavy atom. The van der Waals surface area contributed by atoms with E-state index in [1.165, 1.54) is 0 Å². The first-order valence-electron chi connectivity index (χ1n) is 4.35. The highest BCUT2D eigenvalue weighted by molar-refractivity contribution is 4.95. The van der Waals surface area contributed by atoms with Crippen LogP contribution in [0.15, 0.2) is 0 Å². The summed E-state index contributed by atoms with van der Waals surface area (Å²) in [5.74, 6) is 0. The van der Waals surface area contributed by atoms with E-state index in [1.54, 1.807) is 0 Å². The standard InChI is InChI=1S/C11H23/c1-9(2,3)11(7,8)10(4,5)6/h1H2,2-8H3. The van der Waals surface area contributed by atoms with E-state index in [9.17, 15) is 0 Å². The molecule has 0 spiro atoms. The van der Waals surface area contributed by atoms with Gasteiger partial charge in [0.05, 0.1) is 0 Å². The van der Waals surface area contributed by atoms with Crippen LogP contribution in [0.2, 0.25) is 0 Å². The van der Waals surface area contributed by atoms with E-state index in [1.807, 2.05) is 0 Å². The molecule has 1 radical (unpaired) electrons. The quantitative estimate of drug-likeness (QED) is 0.538. The van der Waals surface area contributed by atoms with Gasteiger partial charge in [-0.15, -0.1) is 0 Å². The minimum atomic E-state index is 0.130. The van der Waals surface area contributed by atoms with E-state index >= 15 is 0 Å². The van der Waals surface area contributed by atoms with Crippen LogP contribution in [-0.2, 0) is 0 Å². The predicted octanol–water partition coefficient (Wildman–Crippen LogP) is 3.92. The first-order chi connectivity index (χ1) is 4.50. The number of rotatable bonds is 1. The van der Waals surface area contributed by atoms with Gasteiger partial charge in [0.1, 0.15) is 0 Å². The van der Waals surface area contributed by atoms with Crippen LogP contribution in [0.4, 0.5) is 0 Å². The maximum absolute atomic E-state index is 4.21. The Balaban J connectivity index is 4.75. The lowest BCUT2D eigenvalue weighted by Crippen LogP contribution is -2.41.